The number of amidine groups is 2. The molecule has 0 unspecified atom stereocenters. The number of nitrogens with zero attached hydrogens (tertiary/aromatic N) is 1. The summed E-state index contributed by atoms with van der Waals surface area (Å²) >= 11 is 4.49. The molecule has 1 aliphatic heterocycles. The highest BCUT2D eigenvalue weighted by Crippen LogP contribution is 2.24. The Morgan fingerprint density at radius 3 is 2.31 bits per heavy atom. The summed E-state index contributed by atoms with van der Waals surface area (Å²) in [5, 5.41) is 7.55. The molecule has 2 rings (SSSR count). The standard InChI is InChI=1S/C8H5I2N3/c9-5-1-3-4(2-6(5)10)8(12)13-7(3)11/h1-2H,(H3,11,12,13). The molecule has 0 saturated heterocycles. The van der Waals surface area contributed by atoms with Crippen LogP contribution in [-0.4, -0.2) is 11.7 Å². The quantitative estimate of drug-likeness (QED) is 0.647. The number of fused-ring (bicyclic) bond motifs is 1. The van der Waals surface area contributed by atoms with Crippen molar-refractivity contribution in [3.63, 3.8) is 0 Å². The normalized spacial score (nSPS) is 14.3. The number of halogens is 2. The highest BCUT2D eigenvalue weighted by Gasteiger charge is 2.19. The first-order valence-electron chi connectivity index (χ1n) is 3.52. The molecule has 3 nitrogen and oxygen atoms in total. The number of benzene rings is 1. The van der Waals surface area contributed by atoms with Crippen molar-refractivity contribution in [2.24, 2.45) is 10.7 Å². The van der Waals surface area contributed by atoms with Crippen molar-refractivity contribution in [2.75, 3.05) is 0 Å². The maximum absolute atomic E-state index is 7.55. The first-order chi connectivity index (χ1) is 6.09. The van der Waals surface area contributed by atoms with Crippen molar-refractivity contribution < 1.29 is 0 Å². The van der Waals surface area contributed by atoms with Gasteiger partial charge in [-0.1, -0.05) is 0 Å². The van der Waals surface area contributed by atoms with Gasteiger partial charge in [0.05, 0.1) is 0 Å². The van der Waals surface area contributed by atoms with E-state index >= 15 is 0 Å². The van der Waals surface area contributed by atoms with E-state index in [9.17, 15) is 0 Å². The van der Waals surface area contributed by atoms with Crippen LogP contribution in [0, 0.1) is 12.5 Å². The van der Waals surface area contributed by atoms with E-state index in [1.54, 1.807) is 0 Å². The summed E-state index contributed by atoms with van der Waals surface area (Å²) in [5.74, 6) is 0.719. The van der Waals surface area contributed by atoms with Gasteiger partial charge >= 0.3 is 0 Å². The first kappa shape index (κ1) is 9.38. The molecule has 0 radical (unpaired) electrons. The minimum Gasteiger partial charge on any atom is -0.383 e. The fraction of sp³-hybridized carbons (Fsp3) is 0. The Morgan fingerprint density at radius 1 is 1.15 bits per heavy atom. The third-order valence-corrected chi connectivity index (χ3v) is 4.64. The number of nitrogens with one attached hydrogen (secondary N) is 1. The van der Waals surface area contributed by atoms with E-state index in [0.717, 1.165) is 18.3 Å². The van der Waals surface area contributed by atoms with Crippen molar-refractivity contribution in [3.05, 3.63) is 30.4 Å². The van der Waals surface area contributed by atoms with Gasteiger partial charge in [-0.05, 0) is 57.3 Å². The zero-order chi connectivity index (χ0) is 9.59. The van der Waals surface area contributed by atoms with Crippen molar-refractivity contribution >= 4 is 56.9 Å². The van der Waals surface area contributed by atoms with Crippen LogP contribution in [0.3, 0.4) is 0 Å². The van der Waals surface area contributed by atoms with Crippen molar-refractivity contribution in [1.82, 2.24) is 0 Å². The monoisotopic (exact) mass is 397 g/mol. The van der Waals surface area contributed by atoms with E-state index in [2.05, 4.69) is 50.2 Å². The predicted octanol–water partition coefficient (Wildman–Crippen LogP) is 1.94. The van der Waals surface area contributed by atoms with E-state index in [1.165, 1.54) is 0 Å². The average molecular weight is 397 g/mol. The molecule has 66 valence electrons. The Bertz CT molecular complexity index is 437. The third-order valence-electron chi connectivity index (χ3n) is 1.82. The lowest BCUT2D eigenvalue weighted by Gasteiger charge is -2.01. The highest BCUT2D eigenvalue weighted by atomic mass is 127. The molecule has 0 fully saturated rings. The van der Waals surface area contributed by atoms with Crippen LogP contribution in [0.15, 0.2) is 17.1 Å². The molecular formula is C8H5I2N3. The van der Waals surface area contributed by atoms with Gasteiger partial charge in [0, 0.05) is 18.3 Å². The van der Waals surface area contributed by atoms with Crippen LogP contribution in [0.4, 0.5) is 0 Å². The van der Waals surface area contributed by atoms with Crippen LogP contribution >= 0.6 is 45.2 Å². The molecule has 0 amide bonds. The molecule has 0 atom stereocenters. The van der Waals surface area contributed by atoms with Crippen LogP contribution < -0.4 is 5.73 Å². The van der Waals surface area contributed by atoms with E-state index in [4.69, 9.17) is 11.1 Å². The Kier molecular flexibility index (Phi) is 2.30. The summed E-state index contributed by atoms with van der Waals surface area (Å²) in [6.07, 6.45) is 0. The Labute approximate surface area is 103 Å². The predicted molar refractivity (Wildman–Crippen MR) is 69.4 cm³/mol. The summed E-state index contributed by atoms with van der Waals surface area (Å²) < 4.78 is 2.27. The molecule has 1 heterocycles. The molecule has 3 N–H and O–H groups in total. The lowest BCUT2D eigenvalue weighted by Crippen LogP contribution is -2.10. The van der Waals surface area contributed by atoms with Gasteiger partial charge in [0.15, 0.2) is 5.84 Å². The average Bonchev–Trinajstić information content (AvgIpc) is 2.31. The molecule has 0 aliphatic carbocycles. The third kappa shape index (κ3) is 1.47. The molecule has 0 spiro atoms. The maximum Gasteiger partial charge on any atom is 0.154 e. The van der Waals surface area contributed by atoms with Gasteiger partial charge in [-0.3, -0.25) is 5.41 Å². The molecule has 5 heteroatoms. The zero-order valence-electron chi connectivity index (χ0n) is 6.44. The molecule has 0 bridgehead atoms. The smallest absolute Gasteiger partial charge is 0.154 e. The molecule has 1 aromatic rings. The minimum absolute atomic E-state index is 0.266. The molecule has 0 saturated carbocycles. The second kappa shape index (κ2) is 3.19. The van der Waals surface area contributed by atoms with Crippen molar-refractivity contribution in [1.29, 1.82) is 5.41 Å². The van der Waals surface area contributed by atoms with E-state index < -0.39 is 0 Å². The Hall–Kier alpha value is -0.180. The van der Waals surface area contributed by atoms with Gasteiger partial charge in [-0.25, -0.2) is 4.99 Å². The first-order valence-corrected chi connectivity index (χ1v) is 5.68. The van der Waals surface area contributed by atoms with Crippen LogP contribution in [0.25, 0.3) is 0 Å². The summed E-state index contributed by atoms with van der Waals surface area (Å²) in [6, 6.07) is 3.92. The van der Waals surface area contributed by atoms with E-state index in [1.807, 2.05) is 12.1 Å². The lowest BCUT2D eigenvalue weighted by molar-refractivity contribution is 1.44. The van der Waals surface area contributed by atoms with Crippen molar-refractivity contribution in [3.8, 4) is 0 Å². The summed E-state index contributed by atoms with van der Waals surface area (Å²) in [6.45, 7) is 0. The molecule has 13 heavy (non-hydrogen) atoms. The summed E-state index contributed by atoms with van der Waals surface area (Å²) in [7, 11) is 0. The molecule has 0 aromatic heterocycles. The second-order valence-corrected chi connectivity index (χ2v) is 4.98. The van der Waals surface area contributed by atoms with Gasteiger partial charge in [-0.15, -0.1) is 0 Å². The second-order valence-electron chi connectivity index (χ2n) is 2.66. The van der Waals surface area contributed by atoms with Crippen LogP contribution in [0.5, 0.6) is 0 Å². The van der Waals surface area contributed by atoms with Gasteiger partial charge in [-0.2, -0.15) is 0 Å². The van der Waals surface area contributed by atoms with Crippen molar-refractivity contribution in [2.45, 2.75) is 0 Å². The largest absolute Gasteiger partial charge is 0.383 e. The summed E-state index contributed by atoms with van der Waals surface area (Å²) in [4.78, 5) is 3.91. The number of rotatable bonds is 0. The zero-order valence-corrected chi connectivity index (χ0v) is 10.8. The number of nitrogens with two attached hydrogens (primary N) is 1. The molecule has 1 aromatic carbocycles. The van der Waals surface area contributed by atoms with Crippen LogP contribution in [0.2, 0.25) is 0 Å². The topological polar surface area (TPSA) is 62.2 Å². The van der Waals surface area contributed by atoms with E-state index in [-0.39, 0.29) is 5.84 Å². The highest BCUT2D eigenvalue weighted by molar-refractivity contribution is 14.1. The minimum atomic E-state index is 0.266. The van der Waals surface area contributed by atoms with Crippen LogP contribution in [-0.2, 0) is 0 Å². The van der Waals surface area contributed by atoms with Gasteiger partial charge in [0.25, 0.3) is 0 Å². The number of hydrogen-bond acceptors (Lipinski definition) is 2. The molecule has 1 aliphatic rings. The maximum atomic E-state index is 7.55. The van der Waals surface area contributed by atoms with Gasteiger partial charge in [0.2, 0.25) is 0 Å². The molecular weight excluding hydrogens is 392 g/mol. The summed E-state index contributed by atoms with van der Waals surface area (Å²) in [5.41, 5.74) is 7.38. The van der Waals surface area contributed by atoms with Gasteiger partial charge < -0.3 is 5.73 Å². The number of hydrogen-bond donors (Lipinski definition) is 2. The van der Waals surface area contributed by atoms with Crippen LogP contribution in [0.1, 0.15) is 11.1 Å². The SMILES string of the molecule is N=C1N=C(N)c2cc(I)c(I)cc21. The lowest BCUT2D eigenvalue weighted by atomic mass is 10.1. The number of aliphatic imine (C=N–C) groups is 1. The Balaban J connectivity index is 2.72. The fourth-order valence-electron chi connectivity index (χ4n) is 1.20. The Morgan fingerprint density at radius 2 is 1.69 bits per heavy atom. The fourth-order valence-corrected chi connectivity index (χ4v) is 2.13. The van der Waals surface area contributed by atoms with E-state index in [0.29, 0.717) is 5.84 Å². The van der Waals surface area contributed by atoms with Gasteiger partial charge in [0.1, 0.15) is 5.84 Å².